The number of aromatic amines is 1. The Bertz CT molecular complexity index is 399. The molecule has 0 fully saturated rings. The van der Waals surface area contributed by atoms with Gasteiger partial charge in [0.05, 0.1) is 35.5 Å². The lowest BCUT2D eigenvalue weighted by atomic mass is 10.4. The highest BCUT2D eigenvalue weighted by molar-refractivity contribution is 6.33. The highest BCUT2D eigenvalue weighted by Gasteiger charge is 1.99. The monoisotopic (exact) mass is 208 g/mol. The summed E-state index contributed by atoms with van der Waals surface area (Å²) in [6.45, 7) is 0.658. The van der Waals surface area contributed by atoms with Gasteiger partial charge in [0, 0.05) is 12.4 Å². The van der Waals surface area contributed by atoms with Crippen molar-refractivity contribution in [2.45, 2.75) is 6.54 Å². The highest BCUT2D eigenvalue weighted by Crippen LogP contribution is 2.19. The van der Waals surface area contributed by atoms with Gasteiger partial charge in [0.2, 0.25) is 0 Å². The average Bonchev–Trinajstić information content (AvgIpc) is 2.69. The lowest BCUT2D eigenvalue weighted by Crippen LogP contribution is -2.00. The lowest BCUT2D eigenvalue weighted by molar-refractivity contribution is 1.07. The Morgan fingerprint density at radius 3 is 3.00 bits per heavy atom. The summed E-state index contributed by atoms with van der Waals surface area (Å²) in [7, 11) is 0. The Morgan fingerprint density at radius 2 is 2.29 bits per heavy atom. The van der Waals surface area contributed by atoms with Crippen molar-refractivity contribution < 1.29 is 0 Å². The highest BCUT2D eigenvalue weighted by atomic mass is 35.5. The Hall–Kier alpha value is -1.55. The summed E-state index contributed by atoms with van der Waals surface area (Å²) in [6, 6.07) is 1.75. The molecule has 0 aliphatic heterocycles. The van der Waals surface area contributed by atoms with Crippen molar-refractivity contribution in [1.29, 1.82) is 0 Å². The number of H-pyrrole nitrogens is 1. The van der Waals surface area contributed by atoms with Crippen LogP contribution in [0.25, 0.3) is 0 Å². The molecule has 0 unspecified atom stereocenters. The molecule has 0 spiro atoms. The Kier molecular flexibility index (Phi) is 2.65. The topological polar surface area (TPSA) is 53.6 Å². The van der Waals surface area contributed by atoms with Crippen LogP contribution in [-0.2, 0) is 6.54 Å². The van der Waals surface area contributed by atoms with Gasteiger partial charge in [-0.15, -0.1) is 0 Å². The molecule has 72 valence electrons. The van der Waals surface area contributed by atoms with E-state index < -0.39 is 0 Å². The molecule has 0 amide bonds. The molecule has 0 aromatic carbocycles. The molecule has 2 N–H and O–H groups in total. The van der Waals surface area contributed by atoms with Crippen LogP contribution in [0.2, 0.25) is 5.02 Å². The van der Waals surface area contributed by atoms with Crippen LogP contribution in [-0.4, -0.2) is 15.0 Å². The van der Waals surface area contributed by atoms with E-state index in [1.807, 2.05) is 0 Å². The summed E-state index contributed by atoms with van der Waals surface area (Å²) >= 11 is 5.94. The third kappa shape index (κ3) is 2.03. The fourth-order valence-corrected chi connectivity index (χ4v) is 1.25. The van der Waals surface area contributed by atoms with Gasteiger partial charge in [-0.05, 0) is 6.07 Å². The van der Waals surface area contributed by atoms with Crippen LogP contribution in [0.1, 0.15) is 5.69 Å². The van der Waals surface area contributed by atoms with Gasteiger partial charge in [0.15, 0.2) is 0 Å². The number of nitrogens with one attached hydrogen (secondary N) is 2. The standard InChI is InChI=1S/C9H9ClN4/c10-8-1-2-11-5-9(8)13-4-7-3-12-6-14-7/h1-3,5-6,13H,4H2,(H,12,14). The molecular formula is C9H9ClN4. The van der Waals surface area contributed by atoms with E-state index in [0.717, 1.165) is 11.4 Å². The van der Waals surface area contributed by atoms with Crippen molar-refractivity contribution in [1.82, 2.24) is 15.0 Å². The Morgan fingerprint density at radius 1 is 1.36 bits per heavy atom. The van der Waals surface area contributed by atoms with Gasteiger partial charge >= 0.3 is 0 Å². The van der Waals surface area contributed by atoms with Crippen LogP contribution >= 0.6 is 11.6 Å². The van der Waals surface area contributed by atoms with Gasteiger partial charge in [-0.3, -0.25) is 4.98 Å². The van der Waals surface area contributed by atoms with Crippen LogP contribution in [0.15, 0.2) is 31.0 Å². The van der Waals surface area contributed by atoms with E-state index in [9.17, 15) is 0 Å². The van der Waals surface area contributed by atoms with E-state index in [2.05, 4.69) is 20.3 Å². The molecule has 2 aromatic rings. The minimum atomic E-state index is 0.658. The number of hydrogen-bond acceptors (Lipinski definition) is 3. The van der Waals surface area contributed by atoms with E-state index in [4.69, 9.17) is 11.6 Å². The van der Waals surface area contributed by atoms with Gasteiger partial charge in [-0.25, -0.2) is 4.98 Å². The molecule has 14 heavy (non-hydrogen) atoms. The molecule has 5 heteroatoms. The average molecular weight is 209 g/mol. The maximum Gasteiger partial charge on any atom is 0.0922 e. The van der Waals surface area contributed by atoms with Gasteiger partial charge < -0.3 is 10.3 Å². The molecule has 2 heterocycles. The van der Waals surface area contributed by atoms with E-state index in [1.165, 1.54) is 0 Å². The van der Waals surface area contributed by atoms with Crippen molar-refractivity contribution in [3.63, 3.8) is 0 Å². The fraction of sp³-hybridized carbons (Fsp3) is 0.111. The number of rotatable bonds is 3. The minimum absolute atomic E-state index is 0.658. The smallest absolute Gasteiger partial charge is 0.0922 e. The molecule has 0 saturated heterocycles. The third-order valence-electron chi connectivity index (χ3n) is 1.79. The van der Waals surface area contributed by atoms with Crippen molar-refractivity contribution in [2.24, 2.45) is 0 Å². The first kappa shape index (κ1) is 9.02. The number of pyridine rings is 1. The first-order valence-corrected chi connectivity index (χ1v) is 4.54. The first-order valence-electron chi connectivity index (χ1n) is 4.17. The molecular weight excluding hydrogens is 200 g/mol. The molecule has 0 bridgehead atoms. The van der Waals surface area contributed by atoms with E-state index in [-0.39, 0.29) is 0 Å². The number of hydrogen-bond donors (Lipinski definition) is 2. The van der Waals surface area contributed by atoms with E-state index >= 15 is 0 Å². The normalized spacial score (nSPS) is 10.1. The molecule has 0 atom stereocenters. The molecule has 0 saturated carbocycles. The van der Waals surface area contributed by atoms with Gasteiger partial charge in [-0.1, -0.05) is 11.6 Å². The maximum absolute atomic E-state index is 5.94. The molecule has 4 nitrogen and oxygen atoms in total. The molecule has 2 rings (SSSR count). The summed E-state index contributed by atoms with van der Waals surface area (Å²) in [4.78, 5) is 10.9. The summed E-state index contributed by atoms with van der Waals surface area (Å²) in [5, 5.41) is 3.82. The SMILES string of the molecule is Clc1ccncc1NCc1cnc[nH]1. The zero-order valence-electron chi connectivity index (χ0n) is 7.37. The summed E-state index contributed by atoms with van der Waals surface area (Å²) in [6.07, 6.45) is 6.75. The van der Waals surface area contributed by atoms with Crippen LogP contribution in [0, 0.1) is 0 Å². The number of anilines is 1. The third-order valence-corrected chi connectivity index (χ3v) is 2.12. The van der Waals surface area contributed by atoms with Crippen LogP contribution < -0.4 is 5.32 Å². The zero-order chi connectivity index (χ0) is 9.80. The molecule has 0 aliphatic rings. The first-order chi connectivity index (χ1) is 6.86. The van der Waals surface area contributed by atoms with Gasteiger partial charge in [0.1, 0.15) is 0 Å². The number of nitrogens with zero attached hydrogens (tertiary/aromatic N) is 2. The summed E-state index contributed by atoms with van der Waals surface area (Å²) < 4.78 is 0. The zero-order valence-corrected chi connectivity index (χ0v) is 8.12. The van der Waals surface area contributed by atoms with Crippen molar-refractivity contribution in [2.75, 3.05) is 5.32 Å². The second kappa shape index (κ2) is 4.11. The van der Waals surface area contributed by atoms with Crippen LogP contribution in [0.4, 0.5) is 5.69 Å². The molecule has 2 aromatic heterocycles. The van der Waals surface area contributed by atoms with E-state index in [0.29, 0.717) is 11.6 Å². The van der Waals surface area contributed by atoms with Gasteiger partial charge in [0.25, 0.3) is 0 Å². The van der Waals surface area contributed by atoms with Crippen LogP contribution in [0.5, 0.6) is 0 Å². The van der Waals surface area contributed by atoms with Gasteiger partial charge in [-0.2, -0.15) is 0 Å². The number of aromatic nitrogens is 3. The predicted molar refractivity (Wildman–Crippen MR) is 55.2 cm³/mol. The van der Waals surface area contributed by atoms with Crippen molar-refractivity contribution >= 4 is 17.3 Å². The molecule has 0 radical (unpaired) electrons. The Labute approximate surface area is 86.4 Å². The fourth-order valence-electron chi connectivity index (χ4n) is 1.08. The quantitative estimate of drug-likeness (QED) is 0.812. The van der Waals surface area contributed by atoms with Crippen LogP contribution in [0.3, 0.4) is 0 Å². The van der Waals surface area contributed by atoms with E-state index in [1.54, 1.807) is 31.0 Å². The lowest BCUT2D eigenvalue weighted by Gasteiger charge is -2.05. The van der Waals surface area contributed by atoms with Crippen molar-refractivity contribution in [3.05, 3.63) is 41.7 Å². The summed E-state index contributed by atoms with van der Waals surface area (Å²) in [5.41, 5.74) is 1.83. The summed E-state index contributed by atoms with van der Waals surface area (Å²) in [5.74, 6) is 0. The Balaban J connectivity index is 2.02. The maximum atomic E-state index is 5.94. The number of imidazole rings is 1. The van der Waals surface area contributed by atoms with Crippen molar-refractivity contribution in [3.8, 4) is 0 Å². The number of halogens is 1. The minimum Gasteiger partial charge on any atom is -0.377 e. The second-order valence-corrected chi connectivity index (χ2v) is 3.19. The predicted octanol–water partition coefficient (Wildman–Crippen LogP) is 2.07. The second-order valence-electron chi connectivity index (χ2n) is 2.79. The molecule has 0 aliphatic carbocycles. The largest absolute Gasteiger partial charge is 0.377 e.